The molecular formula is C16H24N4O4. The standard InChI is InChI=1S/C16H24N4O4/c1-16(2,3)24-15(21)18(4)13-6-5-9-19(11-13)14-10-12(20(22)23)7-8-17-14/h7-8,10,13H,5-6,9,11H2,1-4H3. The molecule has 0 bridgehead atoms. The molecule has 1 fully saturated rings. The van der Waals surface area contributed by atoms with Gasteiger partial charge in [-0.3, -0.25) is 10.1 Å². The summed E-state index contributed by atoms with van der Waals surface area (Å²) in [5, 5.41) is 10.9. The molecule has 1 atom stereocenters. The molecule has 0 aromatic carbocycles. The number of ether oxygens (including phenoxy) is 1. The number of nitro groups is 1. The van der Waals surface area contributed by atoms with Crippen LogP contribution in [-0.4, -0.2) is 52.7 Å². The Labute approximate surface area is 141 Å². The summed E-state index contributed by atoms with van der Waals surface area (Å²) in [6, 6.07) is 2.82. The van der Waals surface area contributed by atoms with E-state index in [-0.39, 0.29) is 17.8 Å². The average Bonchev–Trinajstić information content (AvgIpc) is 2.52. The number of rotatable bonds is 3. The van der Waals surface area contributed by atoms with Crippen LogP contribution >= 0.6 is 0 Å². The van der Waals surface area contributed by atoms with Gasteiger partial charge in [0.25, 0.3) is 5.69 Å². The van der Waals surface area contributed by atoms with Gasteiger partial charge in [0.1, 0.15) is 11.4 Å². The number of amides is 1. The fraction of sp³-hybridized carbons (Fsp3) is 0.625. The highest BCUT2D eigenvalue weighted by molar-refractivity contribution is 5.68. The van der Waals surface area contributed by atoms with Crippen molar-refractivity contribution in [2.75, 3.05) is 25.0 Å². The molecule has 2 rings (SSSR count). The second-order valence-corrected chi connectivity index (χ2v) is 6.96. The summed E-state index contributed by atoms with van der Waals surface area (Å²) in [6.45, 7) is 6.83. The smallest absolute Gasteiger partial charge is 0.410 e. The first kappa shape index (κ1) is 18.0. The number of hydrogen-bond acceptors (Lipinski definition) is 6. The van der Waals surface area contributed by atoms with Gasteiger partial charge in [-0.15, -0.1) is 0 Å². The molecule has 1 unspecified atom stereocenters. The Bertz CT molecular complexity index is 614. The molecule has 0 N–H and O–H groups in total. The Morgan fingerprint density at radius 1 is 1.50 bits per heavy atom. The molecule has 1 aromatic rings. The molecule has 0 aliphatic carbocycles. The second-order valence-electron chi connectivity index (χ2n) is 6.96. The lowest BCUT2D eigenvalue weighted by Crippen LogP contribution is -2.50. The molecule has 2 heterocycles. The van der Waals surface area contributed by atoms with Crippen molar-refractivity contribution in [1.29, 1.82) is 0 Å². The van der Waals surface area contributed by atoms with E-state index in [4.69, 9.17) is 4.74 Å². The number of nitrogens with zero attached hydrogens (tertiary/aromatic N) is 4. The summed E-state index contributed by atoms with van der Waals surface area (Å²) in [5.41, 5.74) is -0.524. The highest BCUT2D eigenvalue weighted by Gasteiger charge is 2.30. The average molecular weight is 336 g/mol. The molecule has 1 saturated heterocycles. The summed E-state index contributed by atoms with van der Waals surface area (Å²) in [7, 11) is 1.73. The minimum Gasteiger partial charge on any atom is -0.444 e. The van der Waals surface area contributed by atoms with Gasteiger partial charge in [-0.1, -0.05) is 0 Å². The van der Waals surface area contributed by atoms with Crippen molar-refractivity contribution in [3.05, 3.63) is 28.4 Å². The van der Waals surface area contributed by atoms with Gasteiger partial charge < -0.3 is 14.5 Å². The lowest BCUT2D eigenvalue weighted by Gasteiger charge is -2.38. The predicted molar refractivity (Wildman–Crippen MR) is 90.1 cm³/mol. The highest BCUT2D eigenvalue weighted by atomic mass is 16.6. The third-order valence-electron chi connectivity index (χ3n) is 3.89. The number of carbonyl (C=O) groups is 1. The Morgan fingerprint density at radius 3 is 2.83 bits per heavy atom. The van der Waals surface area contributed by atoms with Crippen molar-refractivity contribution < 1.29 is 14.5 Å². The van der Waals surface area contributed by atoms with Gasteiger partial charge in [-0.05, 0) is 33.6 Å². The van der Waals surface area contributed by atoms with Crippen LogP contribution < -0.4 is 4.90 Å². The maximum atomic E-state index is 12.2. The molecular weight excluding hydrogens is 312 g/mol. The van der Waals surface area contributed by atoms with Crippen LogP contribution in [0.3, 0.4) is 0 Å². The monoisotopic (exact) mass is 336 g/mol. The fourth-order valence-electron chi connectivity index (χ4n) is 2.66. The zero-order chi connectivity index (χ0) is 17.9. The molecule has 1 aliphatic heterocycles. The number of piperidine rings is 1. The first-order valence-corrected chi connectivity index (χ1v) is 7.98. The van der Waals surface area contributed by atoms with E-state index in [1.165, 1.54) is 18.3 Å². The van der Waals surface area contributed by atoms with Crippen molar-refractivity contribution in [3.8, 4) is 0 Å². The zero-order valence-corrected chi connectivity index (χ0v) is 14.6. The SMILES string of the molecule is CN(C(=O)OC(C)(C)C)C1CCCN(c2cc([N+](=O)[O-])ccn2)C1. The lowest BCUT2D eigenvalue weighted by atomic mass is 10.0. The third-order valence-corrected chi connectivity index (χ3v) is 3.89. The van der Waals surface area contributed by atoms with E-state index >= 15 is 0 Å². The summed E-state index contributed by atoms with van der Waals surface area (Å²) in [6.07, 6.45) is 2.82. The van der Waals surface area contributed by atoms with E-state index in [1.807, 2.05) is 25.7 Å². The van der Waals surface area contributed by atoms with Gasteiger partial charge in [0.15, 0.2) is 0 Å². The molecule has 0 spiro atoms. The molecule has 0 radical (unpaired) electrons. The summed E-state index contributed by atoms with van der Waals surface area (Å²) in [5.74, 6) is 0.562. The van der Waals surface area contributed by atoms with Crippen LogP contribution in [0, 0.1) is 10.1 Å². The second kappa shape index (κ2) is 7.02. The van der Waals surface area contributed by atoms with Gasteiger partial charge in [-0.25, -0.2) is 9.78 Å². The highest BCUT2D eigenvalue weighted by Crippen LogP contribution is 2.24. The maximum absolute atomic E-state index is 12.2. The van der Waals surface area contributed by atoms with Crippen LogP contribution in [0.4, 0.5) is 16.3 Å². The third kappa shape index (κ3) is 4.56. The van der Waals surface area contributed by atoms with Gasteiger partial charge in [0.2, 0.25) is 0 Å². The predicted octanol–water partition coefficient (Wildman–Crippen LogP) is 2.83. The van der Waals surface area contributed by atoms with Crippen LogP contribution in [0.5, 0.6) is 0 Å². The summed E-state index contributed by atoms with van der Waals surface area (Å²) in [4.78, 5) is 30.5. The number of anilines is 1. The Kier molecular flexibility index (Phi) is 5.26. The van der Waals surface area contributed by atoms with E-state index in [0.717, 1.165) is 19.4 Å². The van der Waals surface area contributed by atoms with Gasteiger partial charge >= 0.3 is 6.09 Å². The van der Waals surface area contributed by atoms with Crippen LogP contribution in [0.15, 0.2) is 18.3 Å². The topological polar surface area (TPSA) is 88.8 Å². The number of hydrogen-bond donors (Lipinski definition) is 0. The molecule has 24 heavy (non-hydrogen) atoms. The number of aromatic nitrogens is 1. The van der Waals surface area contributed by atoms with E-state index in [0.29, 0.717) is 12.4 Å². The van der Waals surface area contributed by atoms with Crippen molar-refractivity contribution in [2.45, 2.75) is 45.3 Å². The van der Waals surface area contributed by atoms with Gasteiger partial charge in [-0.2, -0.15) is 0 Å². The largest absolute Gasteiger partial charge is 0.444 e. The van der Waals surface area contributed by atoms with E-state index in [1.54, 1.807) is 11.9 Å². The summed E-state index contributed by atoms with van der Waals surface area (Å²) >= 11 is 0. The molecule has 8 nitrogen and oxygen atoms in total. The number of carbonyl (C=O) groups excluding carboxylic acids is 1. The maximum Gasteiger partial charge on any atom is 0.410 e. The van der Waals surface area contributed by atoms with Crippen LogP contribution in [0.2, 0.25) is 0 Å². The minimum absolute atomic E-state index is 0.0163. The van der Waals surface area contributed by atoms with Crippen LogP contribution in [0.25, 0.3) is 0 Å². The molecule has 8 heteroatoms. The van der Waals surface area contributed by atoms with E-state index in [2.05, 4.69) is 4.98 Å². The normalized spacial score (nSPS) is 18.2. The fourth-order valence-corrected chi connectivity index (χ4v) is 2.66. The quantitative estimate of drug-likeness (QED) is 0.623. The first-order valence-electron chi connectivity index (χ1n) is 7.98. The molecule has 0 saturated carbocycles. The minimum atomic E-state index is -0.540. The molecule has 1 amide bonds. The molecule has 1 aromatic heterocycles. The van der Waals surface area contributed by atoms with E-state index in [9.17, 15) is 14.9 Å². The van der Waals surface area contributed by atoms with Gasteiger partial charge in [0, 0.05) is 32.4 Å². The Hall–Kier alpha value is -2.38. The van der Waals surface area contributed by atoms with Gasteiger partial charge in [0.05, 0.1) is 17.0 Å². The first-order chi connectivity index (χ1) is 11.2. The molecule has 132 valence electrons. The zero-order valence-electron chi connectivity index (χ0n) is 14.6. The number of pyridine rings is 1. The Balaban J connectivity index is 2.07. The van der Waals surface area contributed by atoms with Crippen molar-refractivity contribution in [1.82, 2.24) is 9.88 Å². The number of likely N-dealkylation sites (N-methyl/N-ethyl adjacent to an activating group) is 1. The Morgan fingerprint density at radius 2 is 2.21 bits per heavy atom. The molecule has 1 aliphatic rings. The summed E-state index contributed by atoms with van der Waals surface area (Å²) < 4.78 is 5.41. The van der Waals surface area contributed by atoms with Crippen molar-refractivity contribution in [3.63, 3.8) is 0 Å². The van der Waals surface area contributed by atoms with Crippen LogP contribution in [-0.2, 0) is 4.74 Å². The lowest BCUT2D eigenvalue weighted by molar-refractivity contribution is -0.384. The van der Waals surface area contributed by atoms with Crippen molar-refractivity contribution in [2.24, 2.45) is 0 Å². The van der Waals surface area contributed by atoms with Crippen LogP contribution in [0.1, 0.15) is 33.6 Å². The van der Waals surface area contributed by atoms with E-state index < -0.39 is 10.5 Å². The van der Waals surface area contributed by atoms with Crippen molar-refractivity contribution >= 4 is 17.6 Å².